The van der Waals surface area contributed by atoms with Crippen molar-refractivity contribution >= 4 is 5.97 Å². The van der Waals surface area contributed by atoms with Gasteiger partial charge >= 0.3 is 5.97 Å². The highest BCUT2D eigenvalue weighted by Crippen LogP contribution is 2.28. The van der Waals surface area contributed by atoms with Crippen LogP contribution < -0.4 is 9.47 Å². The van der Waals surface area contributed by atoms with Crippen molar-refractivity contribution < 1.29 is 33.2 Å². The average Bonchev–Trinajstić information content (AvgIpc) is 2.57. The molecule has 0 fully saturated rings. The fraction of sp³-hybridized carbons (Fsp3) is 0.533. The van der Waals surface area contributed by atoms with Gasteiger partial charge in [-0.05, 0) is 18.2 Å². The summed E-state index contributed by atoms with van der Waals surface area (Å²) in [6.07, 6.45) is 0. The minimum absolute atomic E-state index is 0.0269. The molecule has 0 heterocycles. The van der Waals surface area contributed by atoms with Crippen LogP contribution in [0.25, 0.3) is 0 Å². The lowest BCUT2D eigenvalue weighted by atomic mass is 10.2. The van der Waals surface area contributed by atoms with E-state index < -0.39 is 5.97 Å². The van der Waals surface area contributed by atoms with Crippen molar-refractivity contribution in [1.82, 2.24) is 0 Å². The van der Waals surface area contributed by atoms with Gasteiger partial charge in [0.1, 0.15) is 13.2 Å². The predicted octanol–water partition coefficient (Wildman–Crippen LogP) is 2.80. The molecule has 0 saturated carbocycles. The number of halogens is 1. The van der Waals surface area contributed by atoms with Gasteiger partial charge in [-0.3, -0.25) is 0 Å². The van der Waals surface area contributed by atoms with Gasteiger partial charge in [-0.1, -0.05) is 13.8 Å². The van der Waals surface area contributed by atoms with Gasteiger partial charge in [-0.15, -0.1) is 0 Å². The molecule has 0 atom stereocenters. The molecule has 0 bridgehead atoms. The first-order valence-electron chi connectivity index (χ1n) is 6.93. The molecule has 22 heavy (non-hydrogen) atoms. The number of ether oxygens (including phenoxy) is 4. The standard InChI is InChI=1S/C13H17FO6.C2H6/c1-16-5-7-18-11-4-3-10(13(15)20-14)9-12(11)19-8-6-17-2;1-2/h3-4,9H,5-8H2,1-2H3;1-2H3. The van der Waals surface area contributed by atoms with Crippen LogP contribution in [0.5, 0.6) is 11.5 Å². The molecular weight excluding hydrogens is 295 g/mol. The number of carbonyl (C=O) groups is 1. The third-order valence-corrected chi connectivity index (χ3v) is 2.34. The molecule has 1 aromatic rings. The van der Waals surface area contributed by atoms with Gasteiger partial charge in [0.15, 0.2) is 11.5 Å². The number of benzene rings is 1. The van der Waals surface area contributed by atoms with Crippen molar-refractivity contribution in [3.05, 3.63) is 23.8 Å². The Hall–Kier alpha value is -1.86. The summed E-state index contributed by atoms with van der Waals surface area (Å²) in [4.78, 5) is 14.3. The Morgan fingerprint density at radius 2 is 1.50 bits per heavy atom. The molecule has 0 aliphatic rings. The highest BCUT2D eigenvalue weighted by molar-refractivity contribution is 5.89. The molecule has 126 valence electrons. The summed E-state index contributed by atoms with van der Waals surface area (Å²) in [5, 5.41) is 0. The molecule has 1 rings (SSSR count). The maximum atomic E-state index is 11.9. The van der Waals surface area contributed by atoms with Crippen LogP contribution in [0, 0.1) is 0 Å². The van der Waals surface area contributed by atoms with Gasteiger partial charge in [-0.25, -0.2) is 9.74 Å². The summed E-state index contributed by atoms with van der Waals surface area (Å²) in [6, 6.07) is 4.23. The molecular formula is C15H23FO6. The van der Waals surface area contributed by atoms with E-state index in [4.69, 9.17) is 18.9 Å². The predicted molar refractivity (Wildman–Crippen MR) is 79.1 cm³/mol. The second kappa shape index (κ2) is 12.8. The number of hydrogen-bond acceptors (Lipinski definition) is 6. The maximum Gasteiger partial charge on any atom is 0.379 e. The Labute approximate surface area is 130 Å². The Bertz CT molecular complexity index is 424. The molecule has 0 unspecified atom stereocenters. The van der Waals surface area contributed by atoms with E-state index in [1.165, 1.54) is 25.3 Å². The average molecular weight is 318 g/mol. The van der Waals surface area contributed by atoms with Crippen LogP contribution in [0.4, 0.5) is 4.53 Å². The van der Waals surface area contributed by atoms with Crippen LogP contribution in [0.3, 0.4) is 0 Å². The smallest absolute Gasteiger partial charge is 0.379 e. The van der Waals surface area contributed by atoms with Gasteiger partial charge in [0.25, 0.3) is 0 Å². The Morgan fingerprint density at radius 3 is 2.00 bits per heavy atom. The second-order valence-corrected chi connectivity index (χ2v) is 3.71. The minimum Gasteiger partial charge on any atom is -0.487 e. The first kappa shape index (κ1) is 20.1. The van der Waals surface area contributed by atoms with E-state index in [9.17, 15) is 9.32 Å². The summed E-state index contributed by atoms with van der Waals surface area (Å²) >= 11 is 0. The normalized spacial score (nSPS) is 9.50. The van der Waals surface area contributed by atoms with Gasteiger partial charge in [0.05, 0.1) is 18.8 Å². The van der Waals surface area contributed by atoms with Crippen LogP contribution in [-0.4, -0.2) is 46.6 Å². The number of rotatable bonds is 9. The highest BCUT2D eigenvalue weighted by Gasteiger charge is 2.13. The molecule has 0 aliphatic carbocycles. The number of methoxy groups -OCH3 is 2. The van der Waals surface area contributed by atoms with E-state index in [-0.39, 0.29) is 12.2 Å². The monoisotopic (exact) mass is 318 g/mol. The Balaban J connectivity index is 0.00000211. The molecule has 0 aromatic heterocycles. The van der Waals surface area contributed by atoms with E-state index in [1.54, 1.807) is 7.11 Å². The second-order valence-electron chi connectivity index (χ2n) is 3.71. The molecule has 1 aromatic carbocycles. The third-order valence-electron chi connectivity index (χ3n) is 2.34. The van der Waals surface area contributed by atoms with E-state index >= 15 is 0 Å². The van der Waals surface area contributed by atoms with Crippen molar-refractivity contribution in [1.29, 1.82) is 0 Å². The largest absolute Gasteiger partial charge is 0.487 e. The molecule has 0 amide bonds. The molecule has 0 spiro atoms. The van der Waals surface area contributed by atoms with Crippen molar-refractivity contribution in [2.24, 2.45) is 0 Å². The van der Waals surface area contributed by atoms with Crippen molar-refractivity contribution in [2.45, 2.75) is 13.8 Å². The summed E-state index contributed by atoms with van der Waals surface area (Å²) in [6.45, 7) is 5.37. The summed E-state index contributed by atoms with van der Waals surface area (Å²) in [5.41, 5.74) is 0.0269. The molecule has 0 N–H and O–H groups in total. The first-order valence-corrected chi connectivity index (χ1v) is 6.93. The van der Waals surface area contributed by atoms with E-state index in [2.05, 4.69) is 4.94 Å². The van der Waals surface area contributed by atoms with Gasteiger partial charge in [0.2, 0.25) is 0 Å². The SMILES string of the molecule is CC.COCCOc1ccc(C(=O)OF)cc1OCCOC. The van der Waals surface area contributed by atoms with E-state index in [0.29, 0.717) is 31.3 Å². The van der Waals surface area contributed by atoms with E-state index in [1.807, 2.05) is 13.8 Å². The van der Waals surface area contributed by atoms with Gasteiger partial charge in [-0.2, -0.15) is 0 Å². The van der Waals surface area contributed by atoms with Crippen LogP contribution in [-0.2, 0) is 14.4 Å². The minimum atomic E-state index is -1.09. The maximum absolute atomic E-state index is 11.9. The van der Waals surface area contributed by atoms with Crippen LogP contribution in [0.2, 0.25) is 0 Å². The molecule has 0 aliphatic heterocycles. The first-order chi connectivity index (χ1) is 10.7. The molecule has 6 nitrogen and oxygen atoms in total. The summed E-state index contributed by atoms with van der Waals surface area (Å²) < 4.78 is 32.5. The van der Waals surface area contributed by atoms with Crippen LogP contribution in [0.15, 0.2) is 18.2 Å². The Morgan fingerprint density at radius 1 is 0.955 bits per heavy atom. The zero-order valence-electron chi connectivity index (χ0n) is 13.4. The fourth-order valence-electron chi connectivity index (χ4n) is 1.38. The summed E-state index contributed by atoms with van der Waals surface area (Å²) in [7, 11) is 3.09. The van der Waals surface area contributed by atoms with Crippen LogP contribution in [0.1, 0.15) is 24.2 Å². The lowest BCUT2D eigenvalue weighted by molar-refractivity contribution is -0.0788. The number of hydrogen-bond donors (Lipinski definition) is 0. The topological polar surface area (TPSA) is 63.2 Å². The lowest BCUT2D eigenvalue weighted by Gasteiger charge is -2.13. The van der Waals surface area contributed by atoms with Crippen molar-refractivity contribution in [3.8, 4) is 11.5 Å². The van der Waals surface area contributed by atoms with Gasteiger partial charge in [0, 0.05) is 18.7 Å². The van der Waals surface area contributed by atoms with Crippen molar-refractivity contribution in [3.63, 3.8) is 0 Å². The lowest BCUT2D eigenvalue weighted by Crippen LogP contribution is -2.09. The van der Waals surface area contributed by atoms with Crippen molar-refractivity contribution in [2.75, 3.05) is 40.6 Å². The molecule has 7 heteroatoms. The third kappa shape index (κ3) is 7.24. The fourth-order valence-corrected chi connectivity index (χ4v) is 1.38. The van der Waals surface area contributed by atoms with Crippen LogP contribution >= 0.6 is 0 Å². The highest BCUT2D eigenvalue weighted by atomic mass is 19.3. The zero-order valence-corrected chi connectivity index (χ0v) is 13.4. The van der Waals surface area contributed by atoms with E-state index in [0.717, 1.165) is 0 Å². The van der Waals surface area contributed by atoms with Gasteiger partial charge < -0.3 is 18.9 Å². The molecule has 0 radical (unpaired) electrons. The quantitative estimate of drug-likeness (QED) is 0.652. The summed E-state index contributed by atoms with van der Waals surface area (Å²) in [5.74, 6) is -0.361. The zero-order chi connectivity index (χ0) is 16.8. The number of carbonyl (C=O) groups excluding carboxylic acids is 1. The molecule has 0 saturated heterocycles. The Kier molecular flexibility index (Phi) is 11.8.